The molecule has 2 heterocycles. The van der Waals surface area contributed by atoms with Crippen molar-refractivity contribution in [3.8, 4) is 0 Å². The number of amides is 1. The molecule has 26 heavy (non-hydrogen) atoms. The first-order chi connectivity index (χ1) is 12.7. The van der Waals surface area contributed by atoms with Crippen LogP contribution in [-0.2, 0) is 6.54 Å². The van der Waals surface area contributed by atoms with E-state index < -0.39 is 0 Å². The standard InChI is InChI=1S/C21H22N4O/c1-16-12-20(14-22-23-16)21(26)25-10-8-24(9-11-25)15-17-6-7-18-4-2-3-5-19(18)13-17/h2-7,12-14H,8-11,15H2,1H3. The second-order valence-corrected chi connectivity index (χ2v) is 6.84. The van der Waals surface area contributed by atoms with Gasteiger partial charge in [0.25, 0.3) is 5.91 Å². The number of nitrogens with zero attached hydrogens (tertiary/aromatic N) is 4. The number of rotatable bonds is 3. The molecule has 1 aromatic heterocycles. The predicted octanol–water partition coefficient (Wildman–Crippen LogP) is 2.90. The third-order valence-corrected chi connectivity index (χ3v) is 4.90. The highest BCUT2D eigenvalue weighted by molar-refractivity contribution is 5.94. The van der Waals surface area contributed by atoms with Crippen LogP contribution in [0, 0.1) is 6.92 Å². The maximum absolute atomic E-state index is 12.6. The summed E-state index contributed by atoms with van der Waals surface area (Å²) in [4.78, 5) is 16.9. The van der Waals surface area contributed by atoms with Crippen molar-refractivity contribution >= 4 is 16.7 Å². The number of hydrogen-bond donors (Lipinski definition) is 0. The van der Waals surface area contributed by atoms with Gasteiger partial charge in [0.1, 0.15) is 0 Å². The molecule has 1 saturated heterocycles. The molecule has 3 aromatic rings. The Hall–Kier alpha value is -2.79. The summed E-state index contributed by atoms with van der Waals surface area (Å²) >= 11 is 0. The van der Waals surface area contributed by atoms with Gasteiger partial charge in [-0.25, -0.2) is 0 Å². The molecular formula is C21H22N4O. The van der Waals surface area contributed by atoms with Gasteiger partial charge < -0.3 is 4.90 Å². The van der Waals surface area contributed by atoms with E-state index in [-0.39, 0.29) is 5.91 Å². The highest BCUT2D eigenvalue weighted by atomic mass is 16.2. The van der Waals surface area contributed by atoms with Crippen LogP contribution < -0.4 is 0 Å². The normalized spacial score (nSPS) is 15.3. The lowest BCUT2D eigenvalue weighted by Gasteiger charge is -2.34. The first-order valence-corrected chi connectivity index (χ1v) is 8.98. The second-order valence-electron chi connectivity index (χ2n) is 6.84. The van der Waals surface area contributed by atoms with Crippen LogP contribution in [0.3, 0.4) is 0 Å². The molecule has 1 aliphatic heterocycles. The fraction of sp³-hybridized carbons (Fsp3) is 0.286. The van der Waals surface area contributed by atoms with Gasteiger partial charge in [0.05, 0.1) is 17.5 Å². The smallest absolute Gasteiger partial charge is 0.255 e. The molecule has 0 unspecified atom stereocenters. The topological polar surface area (TPSA) is 49.3 Å². The molecule has 5 heteroatoms. The van der Waals surface area contributed by atoms with Gasteiger partial charge in [-0.1, -0.05) is 36.4 Å². The first-order valence-electron chi connectivity index (χ1n) is 8.98. The quantitative estimate of drug-likeness (QED) is 0.732. The van der Waals surface area contributed by atoms with Crippen LogP contribution in [0.25, 0.3) is 10.8 Å². The number of fused-ring (bicyclic) bond motifs is 1. The number of aromatic nitrogens is 2. The van der Waals surface area contributed by atoms with Gasteiger partial charge in [-0.2, -0.15) is 10.2 Å². The lowest BCUT2D eigenvalue weighted by atomic mass is 10.1. The maximum Gasteiger partial charge on any atom is 0.255 e. The molecule has 1 fully saturated rings. The molecule has 0 saturated carbocycles. The summed E-state index contributed by atoms with van der Waals surface area (Å²) in [6.07, 6.45) is 1.55. The lowest BCUT2D eigenvalue weighted by Crippen LogP contribution is -2.48. The first kappa shape index (κ1) is 16.7. The van der Waals surface area contributed by atoms with Crippen LogP contribution in [0.2, 0.25) is 0 Å². The van der Waals surface area contributed by atoms with E-state index >= 15 is 0 Å². The molecule has 0 aliphatic carbocycles. The maximum atomic E-state index is 12.6. The van der Waals surface area contributed by atoms with Crippen molar-refractivity contribution in [3.05, 3.63) is 71.5 Å². The summed E-state index contributed by atoms with van der Waals surface area (Å²) in [5, 5.41) is 10.4. The second kappa shape index (κ2) is 7.22. The Morgan fingerprint density at radius 3 is 2.54 bits per heavy atom. The van der Waals surface area contributed by atoms with E-state index in [1.54, 1.807) is 12.3 Å². The zero-order chi connectivity index (χ0) is 17.9. The van der Waals surface area contributed by atoms with Gasteiger partial charge in [0.2, 0.25) is 0 Å². The average molecular weight is 346 g/mol. The van der Waals surface area contributed by atoms with Crippen molar-refractivity contribution < 1.29 is 4.79 Å². The Morgan fingerprint density at radius 2 is 1.77 bits per heavy atom. The van der Waals surface area contributed by atoms with E-state index in [0.29, 0.717) is 5.56 Å². The van der Waals surface area contributed by atoms with Crippen molar-refractivity contribution in [2.24, 2.45) is 0 Å². The Morgan fingerprint density at radius 1 is 1.00 bits per heavy atom. The van der Waals surface area contributed by atoms with E-state index in [1.807, 2.05) is 11.8 Å². The van der Waals surface area contributed by atoms with Gasteiger partial charge in [-0.15, -0.1) is 0 Å². The van der Waals surface area contributed by atoms with Gasteiger partial charge in [-0.3, -0.25) is 9.69 Å². The molecule has 132 valence electrons. The van der Waals surface area contributed by atoms with E-state index in [4.69, 9.17) is 0 Å². The van der Waals surface area contributed by atoms with Crippen LogP contribution in [0.15, 0.2) is 54.7 Å². The Kier molecular flexibility index (Phi) is 4.63. The fourth-order valence-corrected chi connectivity index (χ4v) is 3.48. The molecule has 2 aromatic carbocycles. The minimum absolute atomic E-state index is 0.0494. The van der Waals surface area contributed by atoms with Crippen LogP contribution in [0.1, 0.15) is 21.6 Å². The van der Waals surface area contributed by atoms with Crippen molar-refractivity contribution in [1.82, 2.24) is 20.0 Å². The SMILES string of the molecule is Cc1cc(C(=O)N2CCN(Cc3ccc4ccccc4c3)CC2)cnn1. The van der Waals surface area contributed by atoms with Crippen molar-refractivity contribution in [3.63, 3.8) is 0 Å². The van der Waals surface area contributed by atoms with Gasteiger partial charge in [-0.05, 0) is 35.4 Å². The van der Waals surface area contributed by atoms with Gasteiger partial charge >= 0.3 is 0 Å². The molecule has 1 aliphatic rings. The zero-order valence-corrected chi connectivity index (χ0v) is 14.9. The van der Waals surface area contributed by atoms with E-state index in [0.717, 1.165) is 38.4 Å². The number of hydrogen-bond acceptors (Lipinski definition) is 4. The van der Waals surface area contributed by atoms with E-state index in [2.05, 4.69) is 57.6 Å². The molecule has 4 rings (SSSR count). The lowest BCUT2D eigenvalue weighted by molar-refractivity contribution is 0.0628. The largest absolute Gasteiger partial charge is 0.336 e. The molecule has 0 radical (unpaired) electrons. The zero-order valence-electron chi connectivity index (χ0n) is 14.9. The van der Waals surface area contributed by atoms with Crippen molar-refractivity contribution in [1.29, 1.82) is 0 Å². The summed E-state index contributed by atoms with van der Waals surface area (Å²) in [5.74, 6) is 0.0494. The molecule has 5 nitrogen and oxygen atoms in total. The summed E-state index contributed by atoms with van der Waals surface area (Å²) in [6.45, 7) is 6.03. The molecule has 1 amide bonds. The van der Waals surface area contributed by atoms with Crippen LogP contribution in [-0.4, -0.2) is 52.1 Å². The molecule has 0 atom stereocenters. The third kappa shape index (κ3) is 3.58. The number of piperazine rings is 1. The highest BCUT2D eigenvalue weighted by Gasteiger charge is 2.22. The molecule has 0 spiro atoms. The van der Waals surface area contributed by atoms with E-state index in [1.165, 1.54) is 16.3 Å². The van der Waals surface area contributed by atoms with E-state index in [9.17, 15) is 4.79 Å². The molecule has 0 N–H and O–H groups in total. The van der Waals surface area contributed by atoms with Crippen LogP contribution in [0.4, 0.5) is 0 Å². The van der Waals surface area contributed by atoms with Crippen molar-refractivity contribution in [2.75, 3.05) is 26.2 Å². The highest BCUT2D eigenvalue weighted by Crippen LogP contribution is 2.18. The predicted molar refractivity (Wildman–Crippen MR) is 102 cm³/mol. The number of benzene rings is 2. The van der Waals surface area contributed by atoms with Gasteiger partial charge in [0, 0.05) is 32.7 Å². The summed E-state index contributed by atoms with van der Waals surface area (Å²) in [7, 11) is 0. The number of carbonyl (C=O) groups excluding carboxylic acids is 1. The third-order valence-electron chi connectivity index (χ3n) is 4.90. The number of aryl methyl sites for hydroxylation is 1. The summed E-state index contributed by atoms with van der Waals surface area (Å²) in [6, 6.07) is 16.9. The number of carbonyl (C=O) groups is 1. The summed E-state index contributed by atoms with van der Waals surface area (Å²) < 4.78 is 0. The molecular weight excluding hydrogens is 324 g/mol. The minimum atomic E-state index is 0.0494. The Labute approximate surface area is 153 Å². The fourth-order valence-electron chi connectivity index (χ4n) is 3.48. The van der Waals surface area contributed by atoms with Gasteiger partial charge in [0.15, 0.2) is 0 Å². The van der Waals surface area contributed by atoms with Crippen molar-refractivity contribution in [2.45, 2.75) is 13.5 Å². The Balaban J connectivity index is 1.37. The minimum Gasteiger partial charge on any atom is -0.336 e. The van der Waals surface area contributed by atoms with Crippen LogP contribution >= 0.6 is 0 Å². The monoisotopic (exact) mass is 346 g/mol. The summed E-state index contributed by atoms with van der Waals surface area (Å²) in [5.41, 5.74) is 2.71. The molecule has 0 bridgehead atoms. The average Bonchev–Trinajstić information content (AvgIpc) is 2.68. The van der Waals surface area contributed by atoms with Crippen LogP contribution in [0.5, 0.6) is 0 Å². The Bertz CT molecular complexity index is 932.